The van der Waals surface area contributed by atoms with Gasteiger partial charge in [-0.2, -0.15) is 16.9 Å². The van der Waals surface area contributed by atoms with Crippen molar-refractivity contribution in [3.05, 3.63) is 70.9 Å². The molecule has 0 radical (unpaired) electrons. The lowest BCUT2D eigenvalue weighted by Gasteiger charge is -2.27. The lowest BCUT2D eigenvalue weighted by Crippen LogP contribution is -2.35. The number of amides is 2. The highest BCUT2D eigenvalue weighted by molar-refractivity contribution is 7.98. The lowest BCUT2D eigenvalue weighted by atomic mass is 9.87. The molecule has 2 aromatic carbocycles. The highest BCUT2D eigenvalue weighted by Gasteiger charge is 2.34. The van der Waals surface area contributed by atoms with Gasteiger partial charge in [-0.15, -0.1) is 0 Å². The predicted octanol–water partition coefficient (Wildman–Crippen LogP) is 3.80. The molecule has 180 valence electrons. The van der Waals surface area contributed by atoms with Crippen LogP contribution in [0.3, 0.4) is 0 Å². The zero-order valence-electron chi connectivity index (χ0n) is 19.2. The Morgan fingerprint density at radius 2 is 1.80 bits per heavy atom. The van der Waals surface area contributed by atoms with Gasteiger partial charge >= 0.3 is 0 Å². The number of ether oxygens (including phenoxy) is 2. The number of carbonyl (C=O) groups is 2. The molecule has 1 fully saturated rings. The first-order chi connectivity index (χ1) is 17.2. The van der Waals surface area contributed by atoms with E-state index < -0.39 is 5.92 Å². The second-order valence-electron chi connectivity index (χ2n) is 8.96. The van der Waals surface area contributed by atoms with Gasteiger partial charge in [0.25, 0.3) is 0 Å². The van der Waals surface area contributed by atoms with Crippen LogP contribution in [-0.4, -0.2) is 40.9 Å². The van der Waals surface area contributed by atoms with Crippen molar-refractivity contribution in [2.75, 3.05) is 18.5 Å². The molecule has 4 heterocycles. The van der Waals surface area contributed by atoms with E-state index in [2.05, 4.69) is 15.7 Å². The minimum Gasteiger partial charge on any atom is -0.457 e. The number of aromatic nitrogens is 2. The van der Waals surface area contributed by atoms with Crippen LogP contribution in [0.5, 0.6) is 11.5 Å². The van der Waals surface area contributed by atoms with Gasteiger partial charge in [-0.25, -0.2) is 4.68 Å². The number of fused-ring (bicyclic) bond motifs is 3. The summed E-state index contributed by atoms with van der Waals surface area (Å²) in [7, 11) is 0. The Balaban J connectivity index is 1.26. The summed E-state index contributed by atoms with van der Waals surface area (Å²) in [5, 5.41) is 10.7. The average Bonchev–Trinajstić information content (AvgIpc) is 3.61. The van der Waals surface area contributed by atoms with Gasteiger partial charge in [0.15, 0.2) is 0 Å². The van der Waals surface area contributed by atoms with E-state index in [0.29, 0.717) is 23.9 Å². The largest absolute Gasteiger partial charge is 0.457 e. The van der Waals surface area contributed by atoms with Crippen molar-refractivity contribution in [2.45, 2.75) is 42.9 Å². The third-order valence-corrected chi connectivity index (χ3v) is 7.62. The summed E-state index contributed by atoms with van der Waals surface area (Å²) in [5.41, 5.74) is 3.54. The maximum atomic E-state index is 13.8. The summed E-state index contributed by atoms with van der Waals surface area (Å²) in [6, 6.07) is 15.2. The summed E-state index contributed by atoms with van der Waals surface area (Å²) >= 11 is 1.75. The van der Waals surface area contributed by atoms with Crippen LogP contribution in [0.25, 0.3) is 0 Å². The Hall–Kier alpha value is -3.30. The minimum absolute atomic E-state index is 0.0426. The molecule has 3 aromatic rings. The number of hydrogen-bond acceptors (Lipinski definition) is 6. The SMILES string of the molecule is O=C(Cn1nc2c(c1NC(=O)C1c3ccccc3Oc3ccccc31)CSC2)NCC1CCCO1. The normalized spacial score (nSPS) is 18.3. The molecular formula is C26H26N4O4S. The number of benzene rings is 2. The predicted molar refractivity (Wildman–Crippen MR) is 133 cm³/mol. The molecule has 3 aliphatic rings. The first-order valence-electron chi connectivity index (χ1n) is 11.9. The van der Waals surface area contributed by atoms with E-state index in [1.165, 1.54) is 0 Å². The van der Waals surface area contributed by atoms with Crippen LogP contribution in [0.4, 0.5) is 5.82 Å². The third kappa shape index (κ3) is 4.30. The zero-order chi connectivity index (χ0) is 23.8. The number of nitrogens with zero attached hydrogens (tertiary/aromatic N) is 2. The Labute approximate surface area is 207 Å². The van der Waals surface area contributed by atoms with Crippen molar-refractivity contribution in [2.24, 2.45) is 0 Å². The fraction of sp³-hybridized carbons (Fsp3) is 0.346. The molecule has 35 heavy (non-hydrogen) atoms. The molecule has 0 saturated carbocycles. The van der Waals surface area contributed by atoms with Gasteiger partial charge in [0.2, 0.25) is 11.8 Å². The van der Waals surface area contributed by atoms with Gasteiger partial charge in [-0.3, -0.25) is 9.59 Å². The number of rotatable bonds is 6. The fourth-order valence-electron chi connectivity index (χ4n) is 4.93. The number of anilines is 1. The second kappa shape index (κ2) is 9.39. The molecule has 9 heteroatoms. The molecule has 1 aromatic heterocycles. The molecule has 1 unspecified atom stereocenters. The third-order valence-electron chi connectivity index (χ3n) is 6.65. The van der Waals surface area contributed by atoms with Crippen LogP contribution in [0.2, 0.25) is 0 Å². The van der Waals surface area contributed by atoms with Crippen molar-refractivity contribution < 1.29 is 19.1 Å². The van der Waals surface area contributed by atoms with Gasteiger partial charge < -0.3 is 20.1 Å². The van der Waals surface area contributed by atoms with E-state index >= 15 is 0 Å². The molecule has 6 rings (SSSR count). The molecular weight excluding hydrogens is 464 g/mol. The Morgan fingerprint density at radius 3 is 2.51 bits per heavy atom. The number of thioether (sulfide) groups is 1. The van der Waals surface area contributed by atoms with Crippen LogP contribution >= 0.6 is 11.8 Å². The van der Waals surface area contributed by atoms with Crippen LogP contribution in [-0.2, 0) is 32.4 Å². The first kappa shape index (κ1) is 22.2. The van der Waals surface area contributed by atoms with E-state index in [4.69, 9.17) is 9.47 Å². The highest BCUT2D eigenvalue weighted by Crippen LogP contribution is 2.44. The van der Waals surface area contributed by atoms with Crippen molar-refractivity contribution in [3.8, 4) is 11.5 Å². The number of nitrogens with one attached hydrogen (secondary N) is 2. The standard InChI is InChI=1S/C26H26N4O4S/c31-23(27-12-16-6-5-11-33-16)13-30-25(19-14-35-15-20(19)29-30)28-26(32)24-17-7-1-3-9-21(17)34-22-10-4-2-8-18(22)24/h1-4,7-10,16,24H,5-6,11-15H2,(H,27,31)(H,28,32). The van der Waals surface area contributed by atoms with Gasteiger partial charge in [-0.05, 0) is 25.0 Å². The molecule has 2 amide bonds. The lowest BCUT2D eigenvalue weighted by molar-refractivity contribution is -0.122. The van der Waals surface area contributed by atoms with Gasteiger partial charge in [0.05, 0.1) is 17.7 Å². The topological polar surface area (TPSA) is 94.5 Å². The van der Waals surface area contributed by atoms with Crippen LogP contribution in [0.15, 0.2) is 48.5 Å². The summed E-state index contributed by atoms with van der Waals surface area (Å²) in [4.78, 5) is 26.5. The molecule has 0 aliphatic carbocycles. The quantitative estimate of drug-likeness (QED) is 0.546. The maximum absolute atomic E-state index is 13.8. The zero-order valence-corrected chi connectivity index (χ0v) is 20.0. The molecule has 0 spiro atoms. The number of hydrogen-bond donors (Lipinski definition) is 2. The molecule has 8 nitrogen and oxygen atoms in total. The van der Waals surface area contributed by atoms with Crippen molar-refractivity contribution >= 4 is 29.4 Å². The summed E-state index contributed by atoms with van der Waals surface area (Å²) in [5.74, 6) is 2.62. The molecule has 3 aliphatic heterocycles. The molecule has 2 N–H and O–H groups in total. The van der Waals surface area contributed by atoms with Crippen molar-refractivity contribution in [1.82, 2.24) is 15.1 Å². The van der Waals surface area contributed by atoms with Crippen molar-refractivity contribution in [1.29, 1.82) is 0 Å². The first-order valence-corrected chi connectivity index (χ1v) is 13.0. The van der Waals surface area contributed by atoms with E-state index in [0.717, 1.165) is 53.3 Å². The van der Waals surface area contributed by atoms with Crippen LogP contribution < -0.4 is 15.4 Å². The fourth-order valence-corrected chi connectivity index (χ4v) is 5.96. The Bertz CT molecular complexity index is 1240. The highest BCUT2D eigenvalue weighted by atomic mass is 32.2. The van der Waals surface area contributed by atoms with Crippen LogP contribution in [0, 0.1) is 0 Å². The summed E-state index contributed by atoms with van der Waals surface area (Å²) in [6.07, 6.45) is 2.06. The van der Waals surface area contributed by atoms with E-state index in [1.54, 1.807) is 16.4 Å². The minimum atomic E-state index is -0.530. The second-order valence-corrected chi connectivity index (χ2v) is 9.95. The summed E-state index contributed by atoms with van der Waals surface area (Å²) < 4.78 is 13.3. The Morgan fingerprint density at radius 1 is 1.06 bits per heavy atom. The molecule has 1 saturated heterocycles. The smallest absolute Gasteiger partial charge is 0.241 e. The average molecular weight is 491 g/mol. The van der Waals surface area contributed by atoms with Gasteiger partial charge in [0, 0.05) is 41.3 Å². The van der Waals surface area contributed by atoms with E-state index in [9.17, 15) is 9.59 Å². The van der Waals surface area contributed by atoms with Gasteiger partial charge in [0.1, 0.15) is 23.9 Å². The van der Waals surface area contributed by atoms with Crippen molar-refractivity contribution in [3.63, 3.8) is 0 Å². The molecule has 1 atom stereocenters. The van der Waals surface area contributed by atoms with Gasteiger partial charge in [-0.1, -0.05) is 36.4 Å². The van der Waals surface area contributed by atoms with E-state index in [1.807, 2.05) is 48.5 Å². The number of para-hydroxylation sites is 2. The monoisotopic (exact) mass is 490 g/mol. The summed E-state index contributed by atoms with van der Waals surface area (Å²) in [6.45, 7) is 1.28. The van der Waals surface area contributed by atoms with Crippen LogP contribution in [0.1, 0.15) is 41.1 Å². The maximum Gasteiger partial charge on any atom is 0.241 e. The Kier molecular flexibility index (Phi) is 5.95. The number of carbonyl (C=O) groups excluding carboxylic acids is 2. The molecule has 0 bridgehead atoms. The van der Waals surface area contributed by atoms with E-state index in [-0.39, 0.29) is 24.5 Å².